The Morgan fingerprint density at radius 2 is 1.95 bits per heavy atom. The predicted molar refractivity (Wildman–Crippen MR) is 81.1 cm³/mol. The number of hydrogen-bond donors (Lipinski definition) is 0. The van der Waals surface area contributed by atoms with Gasteiger partial charge in [0, 0.05) is 18.2 Å². The van der Waals surface area contributed by atoms with E-state index in [1.807, 2.05) is 6.92 Å². The highest BCUT2D eigenvalue weighted by molar-refractivity contribution is 5.92. The van der Waals surface area contributed by atoms with Crippen molar-refractivity contribution in [2.24, 2.45) is 0 Å². The van der Waals surface area contributed by atoms with Crippen molar-refractivity contribution in [2.75, 3.05) is 7.11 Å². The van der Waals surface area contributed by atoms with Crippen molar-refractivity contribution in [3.05, 3.63) is 11.8 Å². The molecule has 1 atom stereocenters. The van der Waals surface area contributed by atoms with E-state index in [9.17, 15) is 14.4 Å². The molecule has 22 heavy (non-hydrogen) atoms. The van der Waals surface area contributed by atoms with E-state index in [4.69, 9.17) is 9.47 Å². The Hall–Kier alpha value is -1.85. The molecule has 1 saturated heterocycles. The summed E-state index contributed by atoms with van der Waals surface area (Å²) in [5.74, 6) is -0.561. The number of esters is 1. The molecule has 6 heteroatoms. The van der Waals surface area contributed by atoms with Crippen molar-refractivity contribution in [3.63, 3.8) is 0 Å². The average Bonchev–Trinajstić information content (AvgIpc) is 2.79. The summed E-state index contributed by atoms with van der Waals surface area (Å²) >= 11 is 0. The lowest BCUT2D eigenvalue weighted by atomic mass is 10.2. The van der Waals surface area contributed by atoms with Crippen molar-refractivity contribution >= 4 is 17.8 Å². The van der Waals surface area contributed by atoms with E-state index < -0.39 is 23.7 Å². The van der Waals surface area contributed by atoms with Crippen LogP contribution in [0, 0.1) is 0 Å². The zero-order valence-electron chi connectivity index (χ0n) is 14.0. The molecule has 1 heterocycles. The number of carbonyl (C=O) groups is 3. The summed E-state index contributed by atoms with van der Waals surface area (Å²) in [6.07, 6.45) is 2.85. The lowest BCUT2D eigenvalue weighted by molar-refractivity contribution is -0.145. The number of amides is 1. The van der Waals surface area contributed by atoms with Crippen molar-refractivity contribution in [3.8, 4) is 0 Å². The van der Waals surface area contributed by atoms with E-state index in [1.165, 1.54) is 18.1 Å². The molecule has 1 amide bonds. The fourth-order valence-electron chi connectivity index (χ4n) is 2.30. The highest BCUT2D eigenvalue weighted by Gasteiger charge is 2.40. The summed E-state index contributed by atoms with van der Waals surface area (Å²) in [4.78, 5) is 37.3. The lowest BCUT2D eigenvalue weighted by Crippen LogP contribution is -2.43. The van der Waals surface area contributed by atoms with Gasteiger partial charge in [0.25, 0.3) is 0 Å². The Balaban J connectivity index is 3.04. The third-order valence-corrected chi connectivity index (χ3v) is 3.18. The molecule has 0 bridgehead atoms. The first-order valence-electron chi connectivity index (χ1n) is 7.53. The summed E-state index contributed by atoms with van der Waals surface area (Å²) in [5.41, 5.74) is -0.165. The predicted octanol–water partition coefficient (Wildman–Crippen LogP) is 2.81. The van der Waals surface area contributed by atoms with E-state index in [2.05, 4.69) is 0 Å². The third kappa shape index (κ3) is 4.86. The van der Waals surface area contributed by atoms with Crippen molar-refractivity contribution < 1.29 is 23.9 Å². The van der Waals surface area contributed by atoms with Crippen molar-refractivity contribution in [2.45, 2.75) is 65.0 Å². The molecule has 0 spiro atoms. The maximum absolute atomic E-state index is 12.4. The van der Waals surface area contributed by atoms with Gasteiger partial charge in [0.2, 0.25) is 0 Å². The van der Waals surface area contributed by atoms with Gasteiger partial charge in [-0.25, -0.2) is 9.59 Å². The van der Waals surface area contributed by atoms with Crippen LogP contribution in [0.5, 0.6) is 0 Å². The number of carbonyl (C=O) groups excluding carboxylic acids is 3. The molecule has 0 unspecified atom stereocenters. The van der Waals surface area contributed by atoms with E-state index in [0.29, 0.717) is 25.0 Å². The largest absolute Gasteiger partial charge is 0.467 e. The zero-order valence-corrected chi connectivity index (χ0v) is 14.0. The number of ketones is 1. The van der Waals surface area contributed by atoms with E-state index >= 15 is 0 Å². The lowest BCUT2D eigenvalue weighted by Gasteiger charge is -2.28. The maximum Gasteiger partial charge on any atom is 0.415 e. The van der Waals surface area contributed by atoms with Gasteiger partial charge in [-0.05, 0) is 40.0 Å². The summed E-state index contributed by atoms with van der Waals surface area (Å²) < 4.78 is 10.1. The molecule has 0 N–H and O–H groups in total. The maximum atomic E-state index is 12.4. The first kappa shape index (κ1) is 18.2. The van der Waals surface area contributed by atoms with Crippen LogP contribution < -0.4 is 0 Å². The van der Waals surface area contributed by atoms with Gasteiger partial charge in [-0.3, -0.25) is 9.69 Å². The summed E-state index contributed by atoms with van der Waals surface area (Å²) in [6.45, 7) is 7.16. The molecule has 0 aliphatic carbocycles. The van der Waals surface area contributed by atoms with Crippen molar-refractivity contribution in [1.29, 1.82) is 0 Å². The minimum Gasteiger partial charge on any atom is -0.467 e. The van der Waals surface area contributed by atoms with Gasteiger partial charge in [-0.2, -0.15) is 0 Å². The quantitative estimate of drug-likeness (QED) is 0.589. The number of methoxy groups -OCH3 is 1. The molecule has 0 aromatic carbocycles. The number of likely N-dealkylation sites (tertiary alicyclic amines) is 1. The molecule has 1 fully saturated rings. The highest BCUT2D eigenvalue weighted by atomic mass is 16.6. The molecule has 0 saturated carbocycles. The first-order chi connectivity index (χ1) is 10.2. The Morgan fingerprint density at radius 3 is 2.45 bits per heavy atom. The Labute approximate surface area is 131 Å². The molecule has 0 aromatic heterocycles. The minimum absolute atomic E-state index is 0.0587. The summed E-state index contributed by atoms with van der Waals surface area (Å²) in [6, 6.07) is -0.736. The van der Waals surface area contributed by atoms with Gasteiger partial charge in [-0.15, -0.1) is 0 Å². The van der Waals surface area contributed by atoms with Gasteiger partial charge >= 0.3 is 12.1 Å². The smallest absolute Gasteiger partial charge is 0.415 e. The standard InChI is InChI=1S/C16H25NO5/c1-6-7-12(18)10-11-8-9-13(14(19)21-5)17(11)15(20)22-16(2,3)4/h10,13H,6-9H2,1-5H3/b11-10+/t13-/m0/s1. The zero-order chi connectivity index (χ0) is 16.9. The van der Waals surface area contributed by atoms with Crippen LogP contribution in [0.25, 0.3) is 0 Å². The third-order valence-electron chi connectivity index (χ3n) is 3.18. The molecule has 0 radical (unpaired) electrons. The van der Waals surface area contributed by atoms with Gasteiger partial charge in [0.1, 0.15) is 11.6 Å². The van der Waals surface area contributed by atoms with Gasteiger partial charge in [0.05, 0.1) is 7.11 Å². The second-order valence-electron chi connectivity index (χ2n) is 6.28. The fourth-order valence-corrected chi connectivity index (χ4v) is 2.30. The second kappa shape index (κ2) is 7.42. The topological polar surface area (TPSA) is 72.9 Å². The van der Waals surface area contributed by atoms with Gasteiger partial charge in [-0.1, -0.05) is 6.92 Å². The Kier molecular flexibility index (Phi) is 6.14. The van der Waals surface area contributed by atoms with E-state index in [0.717, 1.165) is 6.42 Å². The molecule has 124 valence electrons. The normalized spacial score (nSPS) is 20.1. The van der Waals surface area contributed by atoms with Crippen LogP contribution in [0.2, 0.25) is 0 Å². The highest BCUT2D eigenvalue weighted by Crippen LogP contribution is 2.30. The molecule has 1 rings (SSSR count). The van der Waals surface area contributed by atoms with Crippen LogP contribution in [0.3, 0.4) is 0 Å². The monoisotopic (exact) mass is 311 g/mol. The minimum atomic E-state index is -0.736. The Bertz CT molecular complexity index is 475. The fraction of sp³-hybridized carbons (Fsp3) is 0.688. The average molecular weight is 311 g/mol. The second-order valence-corrected chi connectivity index (χ2v) is 6.28. The van der Waals surface area contributed by atoms with E-state index in [1.54, 1.807) is 20.8 Å². The van der Waals surface area contributed by atoms with E-state index in [-0.39, 0.29) is 5.78 Å². The summed E-state index contributed by atoms with van der Waals surface area (Å²) in [5, 5.41) is 0. The molecular weight excluding hydrogens is 286 g/mol. The van der Waals surface area contributed by atoms with Crippen LogP contribution in [0.1, 0.15) is 53.4 Å². The van der Waals surface area contributed by atoms with Crippen LogP contribution in [-0.2, 0) is 19.1 Å². The Morgan fingerprint density at radius 1 is 1.32 bits per heavy atom. The molecular formula is C16H25NO5. The van der Waals surface area contributed by atoms with Crippen LogP contribution in [0.15, 0.2) is 11.8 Å². The van der Waals surface area contributed by atoms with Crippen LogP contribution in [0.4, 0.5) is 4.79 Å². The number of allylic oxidation sites excluding steroid dienone is 2. The van der Waals surface area contributed by atoms with Gasteiger partial charge in [0.15, 0.2) is 5.78 Å². The number of ether oxygens (including phenoxy) is 2. The number of hydrogen-bond acceptors (Lipinski definition) is 5. The molecule has 0 aromatic rings. The SMILES string of the molecule is CCCC(=O)/C=C1\CC[C@@H](C(=O)OC)N1C(=O)OC(C)(C)C. The molecule has 1 aliphatic rings. The number of nitrogens with zero attached hydrogens (tertiary/aromatic N) is 1. The van der Waals surface area contributed by atoms with Crippen molar-refractivity contribution in [1.82, 2.24) is 4.90 Å². The molecule has 1 aliphatic heterocycles. The first-order valence-corrected chi connectivity index (χ1v) is 7.53. The number of rotatable bonds is 4. The molecule has 6 nitrogen and oxygen atoms in total. The van der Waals surface area contributed by atoms with Crippen LogP contribution in [-0.4, -0.2) is 41.5 Å². The summed E-state index contributed by atoms with van der Waals surface area (Å²) in [7, 11) is 1.28. The van der Waals surface area contributed by atoms with Crippen LogP contribution >= 0.6 is 0 Å². The van der Waals surface area contributed by atoms with Gasteiger partial charge < -0.3 is 9.47 Å².